The minimum atomic E-state index is -0.408. The highest BCUT2D eigenvalue weighted by molar-refractivity contribution is 5.96. The van der Waals surface area contributed by atoms with Crippen LogP contribution in [0.25, 0.3) is 22.3 Å². The van der Waals surface area contributed by atoms with Gasteiger partial charge in [0, 0.05) is 16.5 Å². The first-order valence-electron chi connectivity index (χ1n) is 7.25. The number of hydrogen-bond acceptors (Lipinski definition) is 3. The first-order valence-corrected chi connectivity index (χ1v) is 7.25. The van der Waals surface area contributed by atoms with Crippen molar-refractivity contribution in [3.05, 3.63) is 77.7 Å². The number of aromatic nitrogens is 1. The Morgan fingerprint density at radius 1 is 0.917 bits per heavy atom. The van der Waals surface area contributed by atoms with Crippen LogP contribution in [0.5, 0.6) is 0 Å². The van der Waals surface area contributed by atoms with Crippen LogP contribution < -0.4 is 17.2 Å². The van der Waals surface area contributed by atoms with Crippen molar-refractivity contribution < 1.29 is 4.39 Å². The number of nitrogens with zero attached hydrogens (tertiary/aromatic N) is 2. The molecule has 2 aromatic carbocycles. The molecule has 6 N–H and O–H groups in total. The summed E-state index contributed by atoms with van der Waals surface area (Å²) in [7, 11) is 0. The highest BCUT2D eigenvalue weighted by Crippen LogP contribution is 2.26. The minimum absolute atomic E-state index is 0.0923. The maximum atomic E-state index is 13.4. The highest BCUT2D eigenvalue weighted by Gasteiger charge is 2.10. The molecule has 0 atom stereocenters. The van der Waals surface area contributed by atoms with E-state index in [1.807, 2.05) is 30.3 Å². The number of benzene rings is 2. The number of fused-ring (bicyclic) bond motifs is 1. The third kappa shape index (κ3) is 3.17. The molecule has 0 saturated carbocycles. The minimum Gasteiger partial charge on any atom is -0.396 e. The molecule has 120 valence electrons. The molecule has 24 heavy (non-hydrogen) atoms. The van der Waals surface area contributed by atoms with Crippen LogP contribution in [-0.2, 0) is 0 Å². The van der Waals surface area contributed by atoms with Gasteiger partial charge in [-0.1, -0.05) is 36.4 Å². The fraction of sp³-hybridized carbons (Fsp3) is 0. The number of pyridine rings is 1. The van der Waals surface area contributed by atoms with E-state index in [-0.39, 0.29) is 5.96 Å². The molecule has 0 aliphatic carbocycles. The molecular weight excluding hydrogens is 305 g/mol. The van der Waals surface area contributed by atoms with Gasteiger partial charge in [0.1, 0.15) is 5.82 Å². The second kappa shape index (κ2) is 6.37. The highest BCUT2D eigenvalue weighted by atomic mass is 19.1. The van der Waals surface area contributed by atoms with E-state index in [0.29, 0.717) is 27.9 Å². The average Bonchev–Trinajstić information content (AvgIpc) is 2.59. The molecule has 3 rings (SSSR count). The molecule has 5 nitrogen and oxygen atoms in total. The smallest absolute Gasteiger partial charge is 0.191 e. The molecule has 0 aliphatic heterocycles. The van der Waals surface area contributed by atoms with E-state index >= 15 is 0 Å². The van der Waals surface area contributed by atoms with Crippen molar-refractivity contribution in [3.63, 3.8) is 0 Å². The van der Waals surface area contributed by atoms with Gasteiger partial charge >= 0.3 is 0 Å². The van der Waals surface area contributed by atoms with Gasteiger partial charge in [0.15, 0.2) is 5.96 Å². The fourth-order valence-electron chi connectivity index (χ4n) is 2.41. The van der Waals surface area contributed by atoms with E-state index in [4.69, 9.17) is 17.2 Å². The van der Waals surface area contributed by atoms with Crippen molar-refractivity contribution in [3.8, 4) is 0 Å². The van der Waals surface area contributed by atoms with E-state index < -0.39 is 5.82 Å². The standard InChI is InChI=1S/C18H16FN5/c19-14-9-13-8-12(6-7-15(13)23-10-14)16(20)17(24-18(21)22)11-4-2-1-3-5-11/h1-10H,20H2,(H4,21,22,24)/b17-16-. The second-order valence-electron chi connectivity index (χ2n) is 5.23. The summed E-state index contributed by atoms with van der Waals surface area (Å²) >= 11 is 0. The molecule has 0 spiro atoms. The lowest BCUT2D eigenvalue weighted by atomic mass is 10.0. The molecule has 0 amide bonds. The van der Waals surface area contributed by atoms with Crippen molar-refractivity contribution in [1.82, 2.24) is 4.98 Å². The Labute approximate surface area is 138 Å². The second-order valence-corrected chi connectivity index (χ2v) is 5.23. The zero-order valence-corrected chi connectivity index (χ0v) is 12.8. The summed E-state index contributed by atoms with van der Waals surface area (Å²) in [6, 6.07) is 16.1. The lowest BCUT2D eigenvalue weighted by Gasteiger charge is -2.10. The van der Waals surface area contributed by atoms with Gasteiger partial charge in [-0.15, -0.1) is 0 Å². The first-order chi connectivity index (χ1) is 11.5. The predicted octanol–water partition coefficient (Wildman–Crippen LogP) is 2.43. The Morgan fingerprint density at radius 2 is 1.67 bits per heavy atom. The molecule has 0 radical (unpaired) electrons. The van der Waals surface area contributed by atoms with E-state index in [2.05, 4.69) is 9.98 Å². The van der Waals surface area contributed by atoms with Crippen LogP contribution in [0.15, 0.2) is 65.8 Å². The number of hydrogen-bond donors (Lipinski definition) is 3. The predicted molar refractivity (Wildman–Crippen MR) is 95.0 cm³/mol. The monoisotopic (exact) mass is 321 g/mol. The van der Waals surface area contributed by atoms with Gasteiger partial charge in [-0.3, -0.25) is 4.98 Å². The number of aliphatic imine (C=N–C) groups is 1. The normalized spacial score (nSPS) is 11.9. The van der Waals surface area contributed by atoms with Crippen LogP contribution in [0.2, 0.25) is 0 Å². The quantitative estimate of drug-likeness (QED) is 0.391. The molecule has 0 fully saturated rings. The van der Waals surface area contributed by atoms with Crippen LogP contribution in [0.4, 0.5) is 4.39 Å². The Bertz CT molecular complexity index is 944. The average molecular weight is 321 g/mol. The molecule has 6 heteroatoms. The lowest BCUT2D eigenvalue weighted by molar-refractivity contribution is 0.624. The van der Waals surface area contributed by atoms with Crippen molar-refractivity contribution in [2.45, 2.75) is 0 Å². The number of rotatable bonds is 3. The van der Waals surface area contributed by atoms with E-state index in [9.17, 15) is 4.39 Å². The molecule has 0 saturated heterocycles. The zero-order chi connectivity index (χ0) is 17.1. The maximum absolute atomic E-state index is 13.4. The summed E-state index contributed by atoms with van der Waals surface area (Å²) in [6.45, 7) is 0. The van der Waals surface area contributed by atoms with Crippen LogP contribution in [0, 0.1) is 5.82 Å². The third-order valence-electron chi connectivity index (χ3n) is 3.50. The van der Waals surface area contributed by atoms with Crippen LogP contribution >= 0.6 is 0 Å². The molecule has 1 heterocycles. The van der Waals surface area contributed by atoms with E-state index in [0.717, 1.165) is 5.56 Å². The van der Waals surface area contributed by atoms with Gasteiger partial charge in [-0.2, -0.15) is 0 Å². The summed E-state index contributed by atoms with van der Waals surface area (Å²) in [6.07, 6.45) is 1.18. The SMILES string of the molecule is NC(N)=N/C(=C(\N)c1ccc2ncc(F)cc2c1)c1ccccc1. The maximum Gasteiger partial charge on any atom is 0.191 e. The Kier molecular flexibility index (Phi) is 4.11. The molecule has 1 aromatic heterocycles. The van der Waals surface area contributed by atoms with Gasteiger partial charge in [0.25, 0.3) is 0 Å². The van der Waals surface area contributed by atoms with Crippen molar-refractivity contribution in [2.75, 3.05) is 0 Å². The van der Waals surface area contributed by atoms with Gasteiger partial charge in [0.05, 0.1) is 23.1 Å². The lowest BCUT2D eigenvalue weighted by Crippen LogP contribution is -2.23. The van der Waals surface area contributed by atoms with E-state index in [1.54, 1.807) is 18.2 Å². The fourth-order valence-corrected chi connectivity index (χ4v) is 2.41. The number of halogens is 1. The van der Waals surface area contributed by atoms with Crippen molar-refractivity contribution >= 4 is 28.3 Å². The summed E-state index contributed by atoms with van der Waals surface area (Å²) < 4.78 is 13.4. The van der Waals surface area contributed by atoms with Crippen molar-refractivity contribution in [1.29, 1.82) is 0 Å². The van der Waals surface area contributed by atoms with Gasteiger partial charge < -0.3 is 17.2 Å². The van der Waals surface area contributed by atoms with Crippen molar-refractivity contribution in [2.24, 2.45) is 22.2 Å². The Balaban J connectivity index is 2.20. The zero-order valence-electron chi connectivity index (χ0n) is 12.8. The van der Waals surface area contributed by atoms with Crippen LogP contribution in [-0.4, -0.2) is 10.9 Å². The summed E-state index contributed by atoms with van der Waals surface area (Å²) in [5.41, 5.74) is 20.3. The topological polar surface area (TPSA) is 103 Å². The number of nitrogens with two attached hydrogens (primary N) is 3. The van der Waals surface area contributed by atoms with Gasteiger partial charge in [-0.05, 0) is 18.2 Å². The molecule has 0 aliphatic rings. The Morgan fingerprint density at radius 3 is 2.38 bits per heavy atom. The summed E-state index contributed by atoms with van der Waals surface area (Å²) in [4.78, 5) is 8.19. The summed E-state index contributed by atoms with van der Waals surface area (Å²) in [5, 5.41) is 0.646. The molecular formula is C18H16FN5. The summed E-state index contributed by atoms with van der Waals surface area (Å²) in [5.74, 6) is -0.500. The van der Waals surface area contributed by atoms with Crippen LogP contribution in [0.1, 0.15) is 11.1 Å². The number of guanidine groups is 1. The van der Waals surface area contributed by atoms with E-state index in [1.165, 1.54) is 12.3 Å². The molecule has 0 bridgehead atoms. The third-order valence-corrected chi connectivity index (χ3v) is 3.50. The molecule has 3 aromatic rings. The molecule has 0 unspecified atom stereocenters. The first kappa shape index (κ1) is 15.5. The van der Waals surface area contributed by atoms with Gasteiger partial charge in [0.2, 0.25) is 0 Å². The largest absolute Gasteiger partial charge is 0.396 e. The van der Waals surface area contributed by atoms with Crippen LogP contribution in [0.3, 0.4) is 0 Å². The Hall–Kier alpha value is -3.41. The van der Waals surface area contributed by atoms with Gasteiger partial charge in [-0.25, -0.2) is 9.38 Å².